The van der Waals surface area contributed by atoms with Gasteiger partial charge in [0.1, 0.15) is 0 Å². The second-order valence-electron chi connectivity index (χ2n) is 2.72. The van der Waals surface area contributed by atoms with Crippen molar-refractivity contribution in [3.63, 3.8) is 0 Å². The zero-order valence-electron chi connectivity index (χ0n) is 4.75. The summed E-state index contributed by atoms with van der Waals surface area (Å²) in [5, 5.41) is 0. The first-order valence-corrected chi connectivity index (χ1v) is 3.13. The summed E-state index contributed by atoms with van der Waals surface area (Å²) in [5.74, 6) is 1.98. The van der Waals surface area contributed by atoms with Crippen molar-refractivity contribution in [2.24, 2.45) is 11.8 Å². The van der Waals surface area contributed by atoms with Crippen LogP contribution in [0.5, 0.6) is 0 Å². The Morgan fingerprint density at radius 3 is 1.62 bits per heavy atom. The Morgan fingerprint density at radius 2 is 1.50 bits per heavy atom. The molecule has 0 spiro atoms. The quantitative estimate of drug-likeness (QED) is 0.414. The fourth-order valence-electron chi connectivity index (χ4n) is 1.72. The minimum absolute atomic E-state index is 0. The second kappa shape index (κ2) is 2.33. The van der Waals surface area contributed by atoms with Crippen molar-refractivity contribution in [3.8, 4) is 0 Å². The van der Waals surface area contributed by atoms with Crippen LogP contribution >= 0.6 is 0 Å². The number of hydrogen-bond acceptors (Lipinski definition) is 0. The Hall–Kier alpha value is 0.402. The maximum absolute atomic E-state index is 2.38. The number of fused-ring (bicyclic) bond motifs is 2. The predicted molar refractivity (Wildman–Crippen MR) is 30.0 cm³/mol. The second-order valence-corrected chi connectivity index (χ2v) is 2.72. The van der Waals surface area contributed by atoms with Gasteiger partial charge >= 0.3 is 0 Å². The summed E-state index contributed by atoms with van der Waals surface area (Å²) in [6.07, 6.45) is 9.19. The van der Waals surface area contributed by atoms with Gasteiger partial charge in [-0.25, -0.2) is 0 Å². The van der Waals surface area contributed by atoms with E-state index < -0.39 is 0 Å². The molecule has 0 radical (unpaired) electrons. The molecule has 2 rings (SSSR count). The smallest absolute Gasteiger partial charge is 0 e. The van der Waals surface area contributed by atoms with Gasteiger partial charge in [0.25, 0.3) is 0 Å². The Kier molecular flexibility index (Phi) is 1.90. The van der Waals surface area contributed by atoms with E-state index in [9.17, 15) is 0 Å². The predicted octanol–water partition coefficient (Wildman–Crippen LogP) is 1.97. The SMILES string of the molecule is C1=CC2CCC1C2.[Pd]. The standard InChI is InChI=1S/C7H10.Pd/c1-2-7-4-3-6(1)5-7;/h1-2,6-7H,3-5H2;. The van der Waals surface area contributed by atoms with Crippen molar-refractivity contribution in [1.82, 2.24) is 0 Å². The Labute approximate surface area is 64.0 Å². The van der Waals surface area contributed by atoms with Gasteiger partial charge in [-0.1, -0.05) is 12.2 Å². The van der Waals surface area contributed by atoms with Gasteiger partial charge in [-0.2, -0.15) is 0 Å². The van der Waals surface area contributed by atoms with Crippen molar-refractivity contribution < 1.29 is 20.4 Å². The molecule has 2 atom stereocenters. The van der Waals surface area contributed by atoms with Crippen LogP contribution in [0.25, 0.3) is 0 Å². The van der Waals surface area contributed by atoms with E-state index in [0.29, 0.717) is 0 Å². The van der Waals surface area contributed by atoms with Crippen molar-refractivity contribution in [3.05, 3.63) is 12.2 Å². The largest absolute Gasteiger partial charge is 0.0851 e. The van der Waals surface area contributed by atoms with Crippen LogP contribution in [0.2, 0.25) is 0 Å². The van der Waals surface area contributed by atoms with E-state index in [2.05, 4.69) is 12.2 Å². The first-order chi connectivity index (χ1) is 3.45. The summed E-state index contributed by atoms with van der Waals surface area (Å²) in [4.78, 5) is 0. The van der Waals surface area contributed by atoms with Crippen molar-refractivity contribution >= 4 is 0 Å². The summed E-state index contributed by atoms with van der Waals surface area (Å²) in [6, 6.07) is 0. The topological polar surface area (TPSA) is 0 Å². The maximum atomic E-state index is 2.38. The van der Waals surface area contributed by atoms with Crippen LogP contribution in [-0.2, 0) is 20.4 Å². The van der Waals surface area contributed by atoms with Crippen LogP contribution in [0.3, 0.4) is 0 Å². The molecule has 0 aromatic rings. The van der Waals surface area contributed by atoms with Crippen LogP contribution in [0.4, 0.5) is 0 Å². The van der Waals surface area contributed by atoms with E-state index in [-0.39, 0.29) is 20.4 Å². The Bertz CT molecular complexity index is 95.0. The van der Waals surface area contributed by atoms with Crippen LogP contribution in [0, 0.1) is 11.8 Å². The third-order valence-electron chi connectivity index (χ3n) is 2.17. The first kappa shape index (κ1) is 6.52. The Balaban J connectivity index is 0.000000320. The Morgan fingerprint density at radius 1 is 1.00 bits per heavy atom. The molecular formula is C7H10Pd. The molecule has 0 nitrogen and oxygen atoms in total. The summed E-state index contributed by atoms with van der Waals surface area (Å²) < 4.78 is 0. The molecule has 0 saturated heterocycles. The van der Waals surface area contributed by atoms with E-state index in [0.717, 1.165) is 11.8 Å². The van der Waals surface area contributed by atoms with Crippen LogP contribution in [-0.4, -0.2) is 0 Å². The fraction of sp³-hybridized carbons (Fsp3) is 0.714. The fourth-order valence-corrected chi connectivity index (χ4v) is 1.72. The van der Waals surface area contributed by atoms with Crippen molar-refractivity contribution in [1.29, 1.82) is 0 Å². The normalized spacial score (nSPS) is 40.0. The molecule has 0 amide bonds. The number of hydrogen-bond donors (Lipinski definition) is 0. The molecule has 48 valence electrons. The first-order valence-electron chi connectivity index (χ1n) is 3.13. The monoisotopic (exact) mass is 200 g/mol. The average Bonchev–Trinajstić information content (AvgIpc) is 2.22. The maximum Gasteiger partial charge on any atom is 0 e. The number of rotatable bonds is 0. The van der Waals surface area contributed by atoms with E-state index in [1.54, 1.807) is 0 Å². The molecule has 1 saturated carbocycles. The van der Waals surface area contributed by atoms with Gasteiger partial charge in [-0.05, 0) is 31.1 Å². The van der Waals surface area contributed by atoms with Gasteiger partial charge in [0, 0.05) is 20.4 Å². The van der Waals surface area contributed by atoms with Crippen molar-refractivity contribution in [2.75, 3.05) is 0 Å². The molecule has 2 aliphatic carbocycles. The van der Waals surface area contributed by atoms with Crippen LogP contribution in [0.15, 0.2) is 12.2 Å². The van der Waals surface area contributed by atoms with E-state index >= 15 is 0 Å². The number of allylic oxidation sites excluding steroid dienone is 2. The molecule has 0 aromatic carbocycles. The average molecular weight is 201 g/mol. The molecule has 8 heavy (non-hydrogen) atoms. The molecule has 0 aliphatic heterocycles. The summed E-state index contributed by atoms with van der Waals surface area (Å²) in [5.41, 5.74) is 0. The van der Waals surface area contributed by atoms with E-state index in [4.69, 9.17) is 0 Å². The molecule has 2 unspecified atom stereocenters. The molecule has 0 heterocycles. The molecular weight excluding hydrogens is 190 g/mol. The van der Waals surface area contributed by atoms with Gasteiger partial charge in [0.05, 0.1) is 0 Å². The minimum atomic E-state index is 0. The zero-order valence-corrected chi connectivity index (χ0v) is 6.30. The van der Waals surface area contributed by atoms with E-state index in [1.165, 1.54) is 19.3 Å². The van der Waals surface area contributed by atoms with Crippen LogP contribution in [0.1, 0.15) is 19.3 Å². The summed E-state index contributed by atoms with van der Waals surface area (Å²) in [6.45, 7) is 0. The molecule has 2 aliphatic rings. The van der Waals surface area contributed by atoms with Gasteiger partial charge in [0.15, 0.2) is 0 Å². The third kappa shape index (κ3) is 0.901. The third-order valence-corrected chi connectivity index (χ3v) is 2.17. The van der Waals surface area contributed by atoms with E-state index in [1.807, 2.05) is 0 Å². The minimum Gasteiger partial charge on any atom is -0.0851 e. The molecule has 1 heteroatoms. The molecule has 2 bridgehead atoms. The van der Waals surface area contributed by atoms with Crippen LogP contribution < -0.4 is 0 Å². The summed E-state index contributed by atoms with van der Waals surface area (Å²) in [7, 11) is 0. The van der Waals surface area contributed by atoms with Gasteiger partial charge in [-0.3, -0.25) is 0 Å². The van der Waals surface area contributed by atoms with Gasteiger partial charge < -0.3 is 0 Å². The zero-order chi connectivity index (χ0) is 4.69. The van der Waals surface area contributed by atoms with Gasteiger partial charge in [-0.15, -0.1) is 0 Å². The van der Waals surface area contributed by atoms with Gasteiger partial charge in [0.2, 0.25) is 0 Å². The summed E-state index contributed by atoms with van der Waals surface area (Å²) >= 11 is 0. The van der Waals surface area contributed by atoms with Crippen molar-refractivity contribution in [2.45, 2.75) is 19.3 Å². The molecule has 0 N–H and O–H groups in total. The molecule has 0 aromatic heterocycles. The molecule has 1 fully saturated rings.